The number of esters is 1. The molecule has 0 bridgehead atoms. The highest BCUT2D eigenvalue weighted by Gasteiger charge is 2.45. The molecule has 0 aliphatic carbocycles. The number of benzene rings is 1. The third kappa shape index (κ3) is 12.8. The molecule has 1 aromatic carbocycles. The standard InChI is InChI=1S/C30H50O8/c1-22(2)15-13-11-9-7-5-3-4-6-8-10-12-14-16-26(32)36-21-25-27(33)28(34)29(35)30(38-25)37-24-19-17-23(31)18-20-24/h17-20,22,25,27-31,33-35H,3-16,21H2,1-2H3/t25-,27-,28+,29-,30-/m1/s1. The largest absolute Gasteiger partial charge is 0.508 e. The molecule has 8 nitrogen and oxygen atoms in total. The minimum Gasteiger partial charge on any atom is -0.508 e. The van der Waals surface area contributed by atoms with Crippen LogP contribution in [0.1, 0.15) is 104 Å². The van der Waals surface area contributed by atoms with E-state index in [2.05, 4.69) is 13.8 Å². The number of phenolic OH excluding ortho intramolecular Hbond substituents is 1. The Morgan fingerprint density at radius 2 is 1.32 bits per heavy atom. The molecule has 1 aromatic rings. The van der Waals surface area contributed by atoms with Gasteiger partial charge in [0.25, 0.3) is 0 Å². The minimum absolute atomic E-state index is 0.0521. The summed E-state index contributed by atoms with van der Waals surface area (Å²) < 4.78 is 16.4. The van der Waals surface area contributed by atoms with Gasteiger partial charge in [-0.1, -0.05) is 90.9 Å². The van der Waals surface area contributed by atoms with Crippen molar-refractivity contribution in [1.29, 1.82) is 0 Å². The highest BCUT2D eigenvalue weighted by molar-refractivity contribution is 5.69. The van der Waals surface area contributed by atoms with Crippen molar-refractivity contribution in [2.24, 2.45) is 5.92 Å². The molecule has 0 unspecified atom stereocenters. The first-order valence-corrected chi connectivity index (χ1v) is 14.6. The van der Waals surface area contributed by atoms with Gasteiger partial charge in [0.15, 0.2) is 0 Å². The van der Waals surface area contributed by atoms with Crippen molar-refractivity contribution in [1.82, 2.24) is 0 Å². The van der Waals surface area contributed by atoms with Crippen LogP contribution in [0, 0.1) is 5.92 Å². The summed E-state index contributed by atoms with van der Waals surface area (Å²) in [5, 5.41) is 40.0. The average Bonchev–Trinajstić information content (AvgIpc) is 2.89. The van der Waals surface area contributed by atoms with Gasteiger partial charge in [-0.05, 0) is 36.6 Å². The number of carbonyl (C=O) groups is 1. The Kier molecular flexibility index (Phi) is 15.7. The van der Waals surface area contributed by atoms with E-state index < -0.39 is 30.7 Å². The van der Waals surface area contributed by atoms with Gasteiger partial charge in [0.1, 0.15) is 42.5 Å². The molecule has 1 aliphatic heterocycles. The molecule has 2 rings (SSSR count). The number of ether oxygens (including phenoxy) is 3. The molecule has 5 atom stereocenters. The molecule has 1 fully saturated rings. The number of unbranched alkanes of at least 4 members (excludes halogenated alkanes) is 11. The van der Waals surface area contributed by atoms with Crippen molar-refractivity contribution < 1.29 is 39.4 Å². The van der Waals surface area contributed by atoms with E-state index in [0.29, 0.717) is 5.75 Å². The SMILES string of the molecule is CC(C)CCCCCCCCCCCCCCC(=O)OC[C@H]1O[C@@H](Oc2ccc(O)cc2)[C@H](O)[C@@H](O)[C@@H]1O. The van der Waals surface area contributed by atoms with E-state index in [-0.39, 0.29) is 24.7 Å². The normalized spacial score (nSPS) is 23.5. The van der Waals surface area contributed by atoms with E-state index in [9.17, 15) is 25.2 Å². The fourth-order valence-electron chi connectivity index (χ4n) is 4.65. The Morgan fingerprint density at radius 3 is 1.87 bits per heavy atom. The molecule has 0 radical (unpaired) electrons. The number of phenols is 1. The number of carbonyl (C=O) groups excluding carboxylic acids is 1. The van der Waals surface area contributed by atoms with E-state index in [1.54, 1.807) is 0 Å². The highest BCUT2D eigenvalue weighted by atomic mass is 16.7. The number of hydrogen-bond acceptors (Lipinski definition) is 8. The average molecular weight is 539 g/mol. The first-order valence-electron chi connectivity index (χ1n) is 14.6. The van der Waals surface area contributed by atoms with Crippen LogP contribution in [0.5, 0.6) is 11.5 Å². The van der Waals surface area contributed by atoms with Crippen LogP contribution in [0.4, 0.5) is 0 Å². The lowest BCUT2D eigenvalue weighted by Crippen LogP contribution is -2.60. The first-order chi connectivity index (χ1) is 18.3. The summed E-state index contributed by atoms with van der Waals surface area (Å²) in [6, 6.07) is 5.78. The Hall–Kier alpha value is -1.87. The maximum atomic E-state index is 12.2. The molecule has 1 saturated heterocycles. The molecule has 1 aliphatic rings. The second-order valence-electron chi connectivity index (χ2n) is 11.0. The predicted octanol–water partition coefficient (Wildman–Crippen LogP) is 5.24. The van der Waals surface area contributed by atoms with Crippen molar-refractivity contribution in [2.45, 2.75) is 134 Å². The molecule has 0 aromatic heterocycles. The summed E-state index contributed by atoms with van der Waals surface area (Å²) in [4.78, 5) is 12.2. The van der Waals surface area contributed by atoms with E-state index in [0.717, 1.165) is 25.2 Å². The topological polar surface area (TPSA) is 126 Å². The molecule has 4 N–H and O–H groups in total. The lowest BCUT2D eigenvalue weighted by atomic mass is 9.99. The van der Waals surface area contributed by atoms with Crippen LogP contribution in [0.15, 0.2) is 24.3 Å². The Bertz CT molecular complexity index is 753. The summed E-state index contributed by atoms with van der Waals surface area (Å²) in [6.07, 6.45) is 9.55. The van der Waals surface area contributed by atoms with Gasteiger partial charge in [-0.15, -0.1) is 0 Å². The van der Waals surface area contributed by atoms with Crippen LogP contribution in [0.3, 0.4) is 0 Å². The molecule has 1 heterocycles. The van der Waals surface area contributed by atoms with Gasteiger partial charge in [-0.25, -0.2) is 0 Å². The van der Waals surface area contributed by atoms with Crippen LogP contribution in [0.2, 0.25) is 0 Å². The van der Waals surface area contributed by atoms with Gasteiger partial charge < -0.3 is 34.6 Å². The first kappa shape index (κ1) is 32.3. The fraction of sp³-hybridized carbons (Fsp3) is 0.767. The fourth-order valence-corrected chi connectivity index (χ4v) is 4.65. The number of aliphatic hydroxyl groups is 3. The van der Waals surface area contributed by atoms with Gasteiger partial charge in [0.05, 0.1) is 0 Å². The maximum absolute atomic E-state index is 12.2. The van der Waals surface area contributed by atoms with Crippen molar-refractivity contribution in [3.05, 3.63) is 24.3 Å². The Morgan fingerprint density at radius 1 is 0.789 bits per heavy atom. The summed E-state index contributed by atoms with van der Waals surface area (Å²) in [5.74, 6) is 0.796. The summed E-state index contributed by atoms with van der Waals surface area (Å²) in [7, 11) is 0. The minimum atomic E-state index is -1.52. The number of aromatic hydroxyl groups is 1. The van der Waals surface area contributed by atoms with Crippen molar-refractivity contribution >= 4 is 5.97 Å². The third-order valence-corrected chi connectivity index (χ3v) is 7.08. The van der Waals surface area contributed by atoms with Gasteiger partial charge in [0, 0.05) is 6.42 Å². The van der Waals surface area contributed by atoms with Crippen molar-refractivity contribution in [2.75, 3.05) is 6.61 Å². The summed E-state index contributed by atoms with van der Waals surface area (Å²) >= 11 is 0. The molecule has 0 spiro atoms. The second-order valence-corrected chi connectivity index (χ2v) is 11.0. The third-order valence-electron chi connectivity index (χ3n) is 7.08. The molecule has 38 heavy (non-hydrogen) atoms. The molecule has 8 heteroatoms. The smallest absolute Gasteiger partial charge is 0.305 e. The zero-order chi connectivity index (χ0) is 27.8. The van der Waals surface area contributed by atoms with Gasteiger partial charge in [0.2, 0.25) is 6.29 Å². The number of rotatable bonds is 19. The maximum Gasteiger partial charge on any atom is 0.305 e. The van der Waals surface area contributed by atoms with E-state index >= 15 is 0 Å². The van der Waals surface area contributed by atoms with Crippen molar-refractivity contribution in [3.63, 3.8) is 0 Å². The quantitative estimate of drug-likeness (QED) is 0.139. The lowest BCUT2D eigenvalue weighted by molar-refractivity contribution is -0.278. The van der Waals surface area contributed by atoms with Crippen LogP contribution in [-0.2, 0) is 14.3 Å². The monoisotopic (exact) mass is 538 g/mol. The van der Waals surface area contributed by atoms with Crippen LogP contribution in [0.25, 0.3) is 0 Å². The molecule has 218 valence electrons. The van der Waals surface area contributed by atoms with Gasteiger partial charge >= 0.3 is 5.97 Å². The van der Waals surface area contributed by atoms with Crippen LogP contribution < -0.4 is 4.74 Å². The molecule has 0 amide bonds. The zero-order valence-electron chi connectivity index (χ0n) is 23.3. The summed E-state index contributed by atoms with van der Waals surface area (Å²) in [6.45, 7) is 4.33. The van der Waals surface area contributed by atoms with Gasteiger partial charge in [-0.3, -0.25) is 4.79 Å². The summed E-state index contributed by atoms with van der Waals surface area (Å²) in [5.41, 5.74) is 0. The van der Waals surface area contributed by atoms with E-state index in [4.69, 9.17) is 14.2 Å². The number of aliphatic hydroxyl groups excluding tert-OH is 3. The second kappa shape index (κ2) is 18.4. The van der Waals surface area contributed by atoms with Crippen molar-refractivity contribution in [3.8, 4) is 11.5 Å². The van der Waals surface area contributed by atoms with E-state index in [1.165, 1.54) is 88.5 Å². The molecular formula is C30H50O8. The molecular weight excluding hydrogens is 488 g/mol. The van der Waals surface area contributed by atoms with E-state index in [1.807, 2.05) is 0 Å². The predicted molar refractivity (Wildman–Crippen MR) is 146 cm³/mol. The van der Waals surface area contributed by atoms with Crippen LogP contribution in [-0.4, -0.2) is 63.7 Å². The molecule has 0 saturated carbocycles. The lowest BCUT2D eigenvalue weighted by Gasteiger charge is -2.39. The highest BCUT2D eigenvalue weighted by Crippen LogP contribution is 2.26. The Labute approximate surface area is 228 Å². The Balaban J connectivity index is 1.51. The number of hydrogen-bond donors (Lipinski definition) is 4. The van der Waals surface area contributed by atoms with Gasteiger partial charge in [-0.2, -0.15) is 0 Å². The zero-order valence-corrected chi connectivity index (χ0v) is 23.3. The van der Waals surface area contributed by atoms with Crippen LogP contribution >= 0.6 is 0 Å².